The number of aliphatic hydroxyl groups is 1. The van der Waals surface area contributed by atoms with Crippen LogP contribution in [0.2, 0.25) is 0 Å². The van der Waals surface area contributed by atoms with E-state index in [4.69, 9.17) is 14.9 Å². The van der Waals surface area contributed by atoms with E-state index in [2.05, 4.69) is 4.98 Å². The van der Waals surface area contributed by atoms with Crippen LogP contribution in [0.4, 0.5) is 0 Å². The van der Waals surface area contributed by atoms with Gasteiger partial charge in [-0.25, -0.2) is 0 Å². The Hall–Kier alpha value is -1.46. The predicted octanol–water partition coefficient (Wildman–Crippen LogP) is 0.779. The second-order valence-electron chi connectivity index (χ2n) is 3.42. The van der Waals surface area contributed by atoms with Gasteiger partial charge in [0.1, 0.15) is 0 Å². The van der Waals surface area contributed by atoms with Crippen molar-refractivity contribution in [1.29, 1.82) is 0 Å². The molecule has 1 unspecified atom stereocenters. The van der Waals surface area contributed by atoms with Crippen LogP contribution in [0.5, 0.6) is 0 Å². The molecule has 0 saturated heterocycles. The molecule has 1 rings (SSSR count). The van der Waals surface area contributed by atoms with Crippen molar-refractivity contribution in [2.75, 3.05) is 13.2 Å². The monoisotopic (exact) mass is 225 g/mol. The summed E-state index contributed by atoms with van der Waals surface area (Å²) in [5, 5.41) is 17.3. The van der Waals surface area contributed by atoms with Crippen LogP contribution in [0, 0.1) is 0 Å². The van der Waals surface area contributed by atoms with Gasteiger partial charge in [0.2, 0.25) is 0 Å². The van der Waals surface area contributed by atoms with E-state index in [1.165, 1.54) is 6.20 Å². The van der Waals surface area contributed by atoms with Crippen molar-refractivity contribution in [3.63, 3.8) is 0 Å². The molecular weight excluding hydrogens is 210 g/mol. The molecule has 0 spiro atoms. The van der Waals surface area contributed by atoms with Gasteiger partial charge in [0.15, 0.2) is 0 Å². The van der Waals surface area contributed by atoms with Crippen LogP contribution >= 0.6 is 0 Å². The van der Waals surface area contributed by atoms with Crippen molar-refractivity contribution in [3.8, 4) is 0 Å². The number of hydrogen-bond acceptors (Lipinski definition) is 4. The van der Waals surface area contributed by atoms with Gasteiger partial charge in [0.05, 0.1) is 31.4 Å². The molecule has 0 aromatic carbocycles. The zero-order chi connectivity index (χ0) is 12.0. The van der Waals surface area contributed by atoms with E-state index in [0.29, 0.717) is 12.2 Å². The first-order chi connectivity index (χ1) is 7.65. The molecule has 0 aliphatic rings. The largest absolute Gasteiger partial charge is 0.481 e. The quantitative estimate of drug-likeness (QED) is 0.699. The molecule has 5 heteroatoms. The summed E-state index contributed by atoms with van der Waals surface area (Å²) in [5.41, 5.74) is 1.38. The zero-order valence-electron chi connectivity index (χ0n) is 9.09. The molecule has 0 bridgehead atoms. The van der Waals surface area contributed by atoms with Crippen LogP contribution in [0.1, 0.15) is 24.1 Å². The van der Waals surface area contributed by atoms with Crippen LogP contribution in [0.25, 0.3) is 0 Å². The fraction of sp³-hybridized carbons (Fsp3) is 0.455. The summed E-state index contributed by atoms with van der Waals surface area (Å²) in [6, 6.07) is 3.45. The molecule has 0 fully saturated rings. The fourth-order valence-electron chi connectivity index (χ4n) is 1.16. The molecule has 1 atom stereocenters. The van der Waals surface area contributed by atoms with Crippen molar-refractivity contribution >= 4 is 5.97 Å². The molecule has 1 heterocycles. The molecule has 1 aromatic rings. The highest BCUT2D eigenvalue weighted by atomic mass is 16.5. The van der Waals surface area contributed by atoms with E-state index in [-0.39, 0.29) is 13.2 Å². The van der Waals surface area contributed by atoms with Crippen molar-refractivity contribution in [3.05, 3.63) is 29.6 Å². The van der Waals surface area contributed by atoms with Crippen LogP contribution in [-0.4, -0.2) is 34.4 Å². The number of hydrogen-bond donors (Lipinski definition) is 2. The van der Waals surface area contributed by atoms with Crippen molar-refractivity contribution < 1.29 is 19.7 Å². The Labute approximate surface area is 93.7 Å². The normalized spacial score (nSPS) is 12.4. The Bertz CT molecular complexity index is 336. The Balaban J connectivity index is 2.57. The van der Waals surface area contributed by atoms with Crippen LogP contribution < -0.4 is 0 Å². The molecule has 5 nitrogen and oxygen atoms in total. The molecular formula is C11H15NO4. The zero-order valence-corrected chi connectivity index (χ0v) is 9.09. The van der Waals surface area contributed by atoms with Crippen molar-refractivity contribution in [2.24, 2.45) is 0 Å². The van der Waals surface area contributed by atoms with Gasteiger partial charge in [-0.15, -0.1) is 0 Å². The standard InChI is InChI=1S/C11H15NO4/c1-8(11(14)15)9-2-3-10(12-6-9)7-16-5-4-13/h2-3,6,8,13H,4-5,7H2,1H3,(H,14,15). The van der Waals surface area contributed by atoms with E-state index in [1.807, 2.05) is 0 Å². The highest BCUT2D eigenvalue weighted by molar-refractivity contribution is 5.75. The predicted molar refractivity (Wildman–Crippen MR) is 57.0 cm³/mol. The lowest BCUT2D eigenvalue weighted by molar-refractivity contribution is -0.138. The van der Waals surface area contributed by atoms with Crippen LogP contribution in [0.3, 0.4) is 0 Å². The third-order valence-electron chi connectivity index (χ3n) is 2.20. The van der Waals surface area contributed by atoms with E-state index >= 15 is 0 Å². The molecule has 0 aliphatic heterocycles. The number of carbonyl (C=O) groups is 1. The molecule has 88 valence electrons. The lowest BCUT2D eigenvalue weighted by Crippen LogP contribution is -2.08. The second kappa shape index (κ2) is 6.19. The Morgan fingerprint density at radius 1 is 1.56 bits per heavy atom. The Kier molecular flexibility index (Phi) is 4.88. The molecule has 2 N–H and O–H groups in total. The number of nitrogens with zero attached hydrogens (tertiary/aromatic N) is 1. The molecule has 0 amide bonds. The number of aliphatic hydroxyl groups excluding tert-OH is 1. The number of carboxylic acid groups (broad SMARTS) is 1. The van der Waals surface area contributed by atoms with Crippen molar-refractivity contribution in [2.45, 2.75) is 19.4 Å². The summed E-state index contributed by atoms with van der Waals surface area (Å²) >= 11 is 0. The summed E-state index contributed by atoms with van der Waals surface area (Å²) < 4.78 is 5.09. The molecule has 1 aromatic heterocycles. The highest BCUT2D eigenvalue weighted by Gasteiger charge is 2.13. The highest BCUT2D eigenvalue weighted by Crippen LogP contribution is 2.14. The maximum absolute atomic E-state index is 10.7. The maximum Gasteiger partial charge on any atom is 0.310 e. The molecule has 0 saturated carbocycles. The summed E-state index contributed by atoms with van der Waals surface area (Å²) in [7, 11) is 0. The Morgan fingerprint density at radius 2 is 2.31 bits per heavy atom. The van der Waals surface area contributed by atoms with Gasteiger partial charge < -0.3 is 14.9 Å². The van der Waals surface area contributed by atoms with E-state index in [9.17, 15) is 4.79 Å². The van der Waals surface area contributed by atoms with Gasteiger partial charge in [-0.3, -0.25) is 9.78 Å². The van der Waals surface area contributed by atoms with E-state index < -0.39 is 11.9 Å². The summed E-state index contributed by atoms with van der Waals surface area (Å²) in [5.74, 6) is -1.43. The lowest BCUT2D eigenvalue weighted by atomic mass is 10.0. The van der Waals surface area contributed by atoms with Gasteiger partial charge >= 0.3 is 5.97 Å². The molecule has 0 radical (unpaired) electrons. The first-order valence-electron chi connectivity index (χ1n) is 5.01. The molecule has 16 heavy (non-hydrogen) atoms. The van der Waals surface area contributed by atoms with Crippen LogP contribution in [0.15, 0.2) is 18.3 Å². The number of rotatable bonds is 6. The number of aliphatic carboxylic acids is 1. The summed E-state index contributed by atoms with van der Waals surface area (Å²) in [6.45, 7) is 2.19. The minimum absolute atomic E-state index is 0.0197. The molecule has 0 aliphatic carbocycles. The van der Waals surface area contributed by atoms with Gasteiger partial charge in [-0.2, -0.15) is 0 Å². The topological polar surface area (TPSA) is 79.7 Å². The summed E-state index contributed by atoms with van der Waals surface area (Å²) in [6.07, 6.45) is 1.54. The number of carboxylic acids is 1. The average Bonchev–Trinajstić information content (AvgIpc) is 2.29. The van der Waals surface area contributed by atoms with E-state index in [0.717, 1.165) is 5.69 Å². The first-order valence-corrected chi connectivity index (χ1v) is 5.01. The van der Waals surface area contributed by atoms with Gasteiger partial charge in [0, 0.05) is 6.20 Å². The first kappa shape index (κ1) is 12.6. The lowest BCUT2D eigenvalue weighted by Gasteiger charge is -2.07. The SMILES string of the molecule is CC(C(=O)O)c1ccc(COCCO)nc1. The Morgan fingerprint density at radius 3 is 2.81 bits per heavy atom. The third kappa shape index (κ3) is 3.60. The van der Waals surface area contributed by atoms with Crippen LogP contribution in [-0.2, 0) is 16.1 Å². The minimum Gasteiger partial charge on any atom is -0.481 e. The third-order valence-corrected chi connectivity index (χ3v) is 2.20. The smallest absolute Gasteiger partial charge is 0.310 e. The number of pyridine rings is 1. The second-order valence-corrected chi connectivity index (χ2v) is 3.42. The summed E-state index contributed by atoms with van der Waals surface area (Å²) in [4.78, 5) is 14.8. The van der Waals surface area contributed by atoms with Gasteiger partial charge in [-0.1, -0.05) is 6.07 Å². The maximum atomic E-state index is 10.7. The van der Waals surface area contributed by atoms with Gasteiger partial charge in [0.25, 0.3) is 0 Å². The van der Waals surface area contributed by atoms with Gasteiger partial charge in [-0.05, 0) is 18.6 Å². The van der Waals surface area contributed by atoms with E-state index in [1.54, 1.807) is 19.1 Å². The average molecular weight is 225 g/mol. The fourth-order valence-corrected chi connectivity index (χ4v) is 1.16. The minimum atomic E-state index is -0.869. The number of ether oxygens (including phenoxy) is 1. The number of aromatic nitrogens is 1. The van der Waals surface area contributed by atoms with Crippen molar-refractivity contribution in [1.82, 2.24) is 4.98 Å².